The number of nitrogens with zero attached hydrogens (tertiary/aromatic N) is 4. The van der Waals surface area contributed by atoms with Crippen LogP contribution in [0.2, 0.25) is 0 Å². The topological polar surface area (TPSA) is 95.8 Å². The Hall–Kier alpha value is -2.96. The normalized spacial score (nSPS) is 10.9. The molecule has 0 unspecified atom stereocenters. The number of para-hydroxylation sites is 1. The van der Waals surface area contributed by atoms with Gasteiger partial charge in [0.05, 0.1) is 0 Å². The first-order valence-corrected chi connectivity index (χ1v) is 6.43. The lowest BCUT2D eigenvalue weighted by molar-refractivity contribution is -0.118. The SMILES string of the molecule is NC(=O)CCn1cnc2c(ncn2-c2ccccc2)c1=O. The van der Waals surface area contributed by atoms with E-state index in [1.807, 2.05) is 30.3 Å². The molecule has 2 aromatic heterocycles. The third kappa shape index (κ3) is 2.40. The number of fused-ring (bicyclic) bond motifs is 1. The summed E-state index contributed by atoms with van der Waals surface area (Å²) in [5.41, 5.74) is 6.44. The van der Waals surface area contributed by atoms with Gasteiger partial charge in [0, 0.05) is 18.7 Å². The number of aryl methyl sites for hydroxylation is 1. The van der Waals surface area contributed by atoms with Crippen molar-refractivity contribution in [3.8, 4) is 5.69 Å². The summed E-state index contributed by atoms with van der Waals surface area (Å²) in [5.74, 6) is -0.461. The van der Waals surface area contributed by atoms with Crippen LogP contribution < -0.4 is 11.3 Å². The summed E-state index contributed by atoms with van der Waals surface area (Å²) < 4.78 is 3.09. The summed E-state index contributed by atoms with van der Waals surface area (Å²) in [6, 6.07) is 9.51. The van der Waals surface area contributed by atoms with E-state index in [1.54, 1.807) is 10.9 Å². The van der Waals surface area contributed by atoms with E-state index in [2.05, 4.69) is 9.97 Å². The Kier molecular flexibility index (Phi) is 3.23. The van der Waals surface area contributed by atoms with E-state index in [0.717, 1.165) is 5.69 Å². The highest BCUT2D eigenvalue weighted by Crippen LogP contribution is 2.13. The Labute approximate surface area is 119 Å². The molecule has 0 saturated carbocycles. The van der Waals surface area contributed by atoms with Crippen LogP contribution in [0.15, 0.2) is 47.8 Å². The van der Waals surface area contributed by atoms with E-state index in [1.165, 1.54) is 10.9 Å². The number of aromatic nitrogens is 4. The standard InChI is InChI=1S/C14H13N5O2/c15-11(20)6-7-18-8-17-13-12(14(18)21)16-9-19(13)10-4-2-1-3-5-10/h1-5,8-9H,6-7H2,(H2,15,20). The van der Waals surface area contributed by atoms with Crippen LogP contribution >= 0.6 is 0 Å². The number of primary amides is 1. The molecule has 0 radical (unpaired) electrons. The lowest BCUT2D eigenvalue weighted by atomic mass is 10.3. The molecule has 0 spiro atoms. The highest BCUT2D eigenvalue weighted by atomic mass is 16.1. The van der Waals surface area contributed by atoms with Gasteiger partial charge in [0.25, 0.3) is 5.56 Å². The lowest BCUT2D eigenvalue weighted by Crippen LogP contribution is -2.24. The zero-order valence-electron chi connectivity index (χ0n) is 11.1. The monoisotopic (exact) mass is 283 g/mol. The van der Waals surface area contributed by atoms with Crippen molar-refractivity contribution in [1.29, 1.82) is 0 Å². The van der Waals surface area contributed by atoms with Crippen molar-refractivity contribution in [2.24, 2.45) is 5.73 Å². The molecule has 1 aromatic carbocycles. The maximum absolute atomic E-state index is 12.3. The average molecular weight is 283 g/mol. The highest BCUT2D eigenvalue weighted by Gasteiger charge is 2.11. The molecule has 0 bridgehead atoms. The Morgan fingerprint density at radius 3 is 2.62 bits per heavy atom. The Morgan fingerprint density at radius 1 is 1.14 bits per heavy atom. The first-order chi connectivity index (χ1) is 10.2. The summed E-state index contributed by atoms with van der Waals surface area (Å²) in [5, 5.41) is 0. The Bertz CT molecular complexity index is 851. The van der Waals surface area contributed by atoms with Crippen molar-refractivity contribution >= 4 is 17.1 Å². The van der Waals surface area contributed by atoms with Gasteiger partial charge in [-0.05, 0) is 12.1 Å². The Balaban J connectivity index is 2.07. The smallest absolute Gasteiger partial charge is 0.281 e. The number of amides is 1. The van der Waals surface area contributed by atoms with E-state index in [9.17, 15) is 9.59 Å². The van der Waals surface area contributed by atoms with Crippen LogP contribution in [0.25, 0.3) is 16.9 Å². The van der Waals surface area contributed by atoms with Crippen LogP contribution in [0.5, 0.6) is 0 Å². The van der Waals surface area contributed by atoms with Crippen LogP contribution in [-0.4, -0.2) is 25.0 Å². The van der Waals surface area contributed by atoms with Gasteiger partial charge >= 0.3 is 0 Å². The molecule has 0 fully saturated rings. The van der Waals surface area contributed by atoms with Gasteiger partial charge in [-0.3, -0.25) is 18.7 Å². The first-order valence-electron chi connectivity index (χ1n) is 6.43. The predicted octanol–water partition coefficient (Wildman–Crippen LogP) is 0.458. The van der Waals surface area contributed by atoms with Gasteiger partial charge in [-0.1, -0.05) is 18.2 Å². The largest absolute Gasteiger partial charge is 0.370 e. The number of carbonyl (C=O) groups is 1. The molecular weight excluding hydrogens is 270 g/mol. The zero-order chi connectivity index (χ0) is 14.8. The molecule has 0 aliphatic rings. The predicted molar refractivity (Wildman–Crippen MR) is 76.9 cm³/mol. The third-order valence-electron chi connectivity index (χ3n) is 3.16. The molecular formula is C14H13N5O2. The fourth-order valence-electron chi connectivity index (χ4n) is 2.10. The van der Waals surface area contributed by atoms with Gasteiger partial charge in [0.2, 0.25) is 5.91 Å². The van der Waals surface area contributed by atoms with Crippen molar-refractivity contribution in [2.45, 2.75) is 13.0 Å². The zero-order valence-corrected chi connectivity index (χ0v) is 11.1. The molecule has 0 aliphatic carbocycles. The van der Waals surface area contributed by atoms with Gasteiger partial charge < -0.3 is 5.73 Å². The van der Waals surface area contributed by atoms with E-state index in [0.29, 0.717) is 5.65 Å². The van der Waals surface area contributed by atoms with Gasteiger partial charge in [-0.25, -0.2) is 9.97 Å². The molecule has 106 valence electrons. The van der Waals surface area contributed by atoms with Crippen molar-refractivity contribution in [2.75, 3.05) is 0 Å². The van der Waals surface area contributed by atoms with Crippen LogP contribution in [0.1, 0.15) is 6.42 Å². The van der Waals surface area contributed by atoms with E-state index < -0.39 is 5.91 Å². The van der Waals surface area contributed by atoms with Crippen LogP contribution in [0.4, 0.5) is 0 Å². The first kappa shape index (κ1) is 13.0. The van der Waals surface area contributed by atoms with Gasteiger partial charge in [0.15, 0.2) is 11.2 Å². The summed E-state index contributed by atoms with van der Waals surface area (Å²) in [6.07, 6.45) is 3.06. The van der Waals surface area contributed by atoms with Crippen molar-refractivity contribution in [1.82, 2.24) is 19.1 Å². The molecule has 3 aromatic rings. The van der Waals surface area contributed by atoms with Crippen LogP contribution in [0.3, 0.4) is 0 Å². The van der Waals surface area contributed by atoms with Gasteiger partial charge in [-0.15, -0.1) is 0 Å². The summed E-state index contributed by atoms with van der Waals surface area (Å²) in [7, 11) is 0. The van der Waals surface area contributed by atoms with E-state index in [4.69, 9.17) is 5.73 Å². The van der Waals surface area contributed by atoms with Crippen molar-refractivity contribution in [3.63, 3.8) is 0 Å². The maximum Gasteiger partial charge on any atom is 0.281 e. The average Bonchev–Trinajstić information content (AvgIpc) is 2.92. The second kappa shape index (κ2) is 5.20. The number of carbonyl (C=O) groups excluding carboxylic acids is 1. The Morgan fingerprint density at radius 2 is 1.90 bits per heavy atom. The van der Waals surface area contributed by atoms with Crippen molar-refractivity contribution < 1.29 is 4.79 Å². The second-order valence-corrected chi connectivity index (χ2v) is 4.58. The lowest BCUT2D eigenvalue weighted by Gasteiger charge is -2.05. The molecule has 21 heavy (non-hydrogen) atoms. The molecule has 7 heteroatoms. The minimum absolute atomic E-state index is 0.0898. The van der Waals surface area contributed by atoms with E-state index >= 15 is 0 Å². The molecule has 2 heterocycles. The number of benzene rings is 1. The minimum Gasteiger partial charge on any atom is -0.370 e. The number of hydrogen-bond donors (Lipinski definition) is 1. The summed E-state index contributed by atoms with van der Waals surface area (Å²) in [6.45, 7) is 0.204. The van der Waals surface area contributed by atoms with E-state index in [-0.39, 0.29) is 24.0 Å². The molecule has 2 N–H and O–H groups in total. The maximum atomic E-state index is 12.3. The quantitative estimate of drug-likeness (QED) is 0.752. The van der Waals surface area contributed by atoms with Crippen LogP contribution in [0, 0.1) is 0 Å². The summed E-state index contributed by atoms with van der Waals surface area (Å²) >= 11 is 0. The fourth-order valence-corrected chi connectivity index (χ4v) is 2.10. The number of hydrogen-bond acceptors (Lipinski definition) is 4. The van der Waals surface area contributed by atoms with Crippen molar-refractivity contribution in [3.05, 3.63) is 53.3 Å². The fraction of sp³-hybridized carbons (Fsp3) is 0.143. The van der Waals surface area contributed by atoms with Gasteiger partial charge in [-0.2, -0.15) is 0 Å². The number of rotatable bonds is 4. The highest BCUT2D eigenvalue weighted by molar-refractivity contribution is 5.74. The molecule has 0 atom stereocenters. The number of imidazole rings is 1. The second-order valence-electron chi connectivity index (χ2n) is 4.58. The molecule has 0 saturated heterocycles. The third-order valence-corrected chi connectivity index (χ3v) is 3.16. The van der Waals surface area contributed by atoms with Crippen LogP contribution in [-0.2, 0) is 11.3 Å². The molecule has 1 amide bonds. The summed E-state index contributed by atoms with van der Waals surface area (Å²) in [4.78, 5) is 31.5. The number of nitrogens with two attached hydrogens (primary N) is 1. The van der Waals surface area contributed by atoms with Gasteiger partial charge in [0.1, 0.15) is 12.7 Å². The molecule has 7 nitrogen and oxygen atoms in total. The minimum atomic E-state index is -0.461. The molecule has 3 rings (SSSR count). The molecule has 0 aliphatic heterocycles.